The van der Waals surface area contributed by atoms with Crippen molar-refractivity contribution in [2.24, 2.45) is 5.92 Å². The minimum atomic E-state index is -0.168. The van der Waals surface area contributed by atoms with Crippen LogP contribution in [-0.2, 0) is 4.79 Å². The first kappa shape index (κ1) is 21.6. The summed E-state index contributed by atoms with van der Waals surface area (Å²) in [5.74, 6) is 0.540. The van der Waals surface area contributed by atoms with Gasteiger partial charge in [-0.05, 0) is 53.4 Å². The lowest BCUT2D eigenvalue weighted by molar-refractivity contribution is -0.116. The third-order valence-electron chi connectivity index (χ3n) is 4.48. The van der Waals surface area contributed by atoms with Gasteiger partial charge in [0.05, 0.1) is 5.02 Å². The molecule has 0 aromatic heterocycles. The Hall–Kier alpha value is -3.11. The highest BCUT2D eigenvalue weighted by molar-refractivity contribution is 6.32. The van der Waals surface area contributed by atoms with E-state index in [0.29, 0.717) is 28.4 Å². The summed E-state index contributed by atoms with van der Waals surface area (Å²) in [7, 11) is 0. The van der Waals surface area contributed by atoms with Crippen LogP contribution in [0.3, 0.4) is 0 Å². The Morgan fingerprint density at radius 3 is 2.27 bits per heavy atom. The summed E-state index contributed by atoms with van der Waals surface area (Å²) >= 11 is 6.34. The highest BCUT2D eigenvalue weighted by Gasteiger charge is 2.11. The topological polar surface area (TPSA) is 55.4 Å². The molecule has 5 heteroatoms. The van der Waals surface area contributed by atoms with Gasteiger partial charge in [0.15, 0.2) is 12.4 Å². The van der Waals surface area contributed by atoms with E-state index in [1.54, 1.807) is 30.3 Å². The number of halogens is 1. The average molecular weight is 422 g/mol. The maximum Gasteiger partial charge on any atom is 0.224 e. The lowest BCUT2D eigenvalue weighted by Crippen LogP contribution is -2.14. The SMILES string of the molecule is CC(C)CC(=O)Nc1ccc(C(=O)COc2ccc(-c3ccccc3)cc2Cl)cc1. The van der Waals surface area contributed by atoms with Crippen LogP contribution >= 0.6 is 11.6 Å². The van der Waals surface area contributed by atoms with Gasteiger partial charge in [0, 0.05) is 17.7 Å². The first-order chi connectivity index (χ1) is 14.4. The maximum absolute atomic E-state index is 12.4. The second-order valence-electron chi connectivity index (χ2n) is 7.45. The van der Waals surface area contributed by atoms with Crippen LogP contribution in [0.25, 0.3) is 11.1 Å². The molecular formula is C25H24ClNO3. The lowest BCUT2D eigenvalue weighted by atomic mass is 10.1. The van der Waals surface area contributed by atoms with E-state index in [4.69, 9.17) is 16.3 Å². The van der Waals surface area contributed by atoms with Gasteiger partial charge in [0.1, 0.15) is 5.75 Å². The number of ketones is 1. The van der Waals surface area contributed by atoms with Gasteiger partial charge in [0.25, 0.3) is 0 Å². The van der Waals surface area contributed by atoms with E-state index in [0.717, 1.165) is 11.1 Å². The molecule has 0 spiro atoms. The second kappa shape index (κ2) is 10.1. The van der Waals surface area contributed by atoms with Gasteiger partial charge >= 0.3 is 0 Å². The third-order valence-corrected chi connectivity index (χ3v) is 4.78. The summed E-state index contributed by atoms with van der Waals surface area (Å²) in [4.78, 5) is 24.3. The molecule has 0 fully saturated rings. The summed E-state index contributed by atoms with van der Waals surface area (Å²) in [5.41, 5.74) is 3.21. The Morgan fingerprint density at radius 1 is 0.933 bits per heavy atom. The predicted molar refractivity (Wildman–Crippen MR) is 121 cm³/mol. The van der Waals surface area contributed by atoms with Crippen molar-refractivity contribution in [2.45, 2.75) is 20.3 Å². The molecule has 1 N–H and O–H groups in total. The van der Waals surface area contributed by atoms with Gasteiger partial charge in [-0.1, -0.05) is 61.8 Å². The second-order valence-corrected chi connectivity index (χ2v) is 7.85. The van der Waals surface area contributed by atoms with Crippen LogP contribution < -0.4 is 10.1 Å². The number of carbonyl (C=O) groups is 2. The number of carbonyl (C=O) groups excluding carboxylic acids is 2. The monoisotopic (exact) mass is 421 g/mol. The molecule has 0 aliphatic heterocycles. The fraction of sp³-hybridized carbons (Fsp3) is 0.200. The molecule has 0 aliphatic rings. The molecular weight excluding hydrogens is 398 g/mol. The van der Waals surface area contributed by atoms with Crippen LogP contribution in [0.4, 0.5) is 5.69 Å². The van der Waals surface area contributed by atoms with Crippen molar-refractivity contribution in [3.63, 3.8) is 0 Å². The average Bonchev–Trinajstić information content (AvgIpc) is 2.73. The molecule has 3 rings (SSSR count). The number of hydrogen-bond donors (Lipinski definition) is 1. The van der Waals surface area contributed by atoms with Gasteiger partial charge in [-0.25, -0.2) is 0 Å². The van der Waals surface area contributed by atoms with E-state index >= 15 is 0 Å². The summed E-state index contributed by atoms with van der Waals surface area (Å²) in [6, 6.07) is 22.2. The molecule has 0 saturated carbocycles. The van der Waals surface area contributed by atoms with E-state index in [1.807, 2.05) is 56.3 Å². The first-order valence-corrected chi connectivity index (χ1v) is 10.2. The smallest absolute Gasteiger partial charge is 0.224 e. The zero-order valence-electron chi connectivity index (χ0n) is 17.0. The van der Waals surface area contributed by atoms with Crippen LogP contribution in [0.1, 0.15) is 30.6 Å². The predicted octanol–water partition coefficient (Wildman–Crippen LogP) is 6.25. The zero-order valence-corrected chi connectivity index (χ0v) is 17.8. The summed E-state index contributed by atoms with van der Waals surface area (Å²) < 4.78 is 5.63. The lowest BCUT2D eigenvalue weighted by Gasteiger charge is -2.10. The summed E-state index contributed by atoms with van der Waals surface area (Å²) in [5, 5.41) is 3.28. The molecule has 0 radical (unpaired) electrons. The Morgan fingerprint density at radius 2 is 1.63 bits per heavy atom. The molecule has 0 heterocycles. The van der Waals surface area contributed by atoms with Crippen molar-refractivity contribution in [1.29, 1.82) is 0 Å². The molecule has 30 heavy (non-hydrogen) atoms. The zero-order chi connectivity index (χ0) is 21.5. The molecule has 3 aromatic carbocycles. The van der Waals surface area contributed by atoms with Gasteiger partial charge in [-0.3, -0.25) is 9.59 Å². The number of benzene rings is 3. The fourth-order valence-corrected chi connectivity index (χ4v) is 3.21. The van der Waals surface area contributed by atoms with Crippen molar-refractivity contribution < 1.29 is 14.3 Å². The number of nitrogens with one attached hydrogen (secondary N) is 1. The van der Waals surface area contributed by atoms with Crippen LogP contribution in [0.15, 0.2) is 72.8 Å². The third kappa shape index (κ3) is 5.94. The van der Waals surface area contributed by atoms with Crippen molar-refractivity contribution in [2.75, 3.05) is 11.9 Å². The van der Waals surface area contributed by atoms with Gasteiger partial charge in [0.2, 0.25) is 5.91 Å². The van der Waals surface area contributed by atoms with Gasteiger partial charge in [-0.15, -0.1) is 0 Å². The number of hydrogen-bond acceptors (Lipinski definition) is 3. The Kier molecular flexibility index (Phi) is 7.26. The largest absolute Gasteiger partial charge is 0.484 e. The van der Waals surface area contributed by atoms with Crippen molar-refractivity contribution >= 4 is 29.0 Å². The molecule has 0 unspecified atom stereocenters. The Labute approximate surface area is 181 Å². The molecule has 154 valence electrons. The highest BCUT2D eigenvalue weighted by atomic mass is 35.5. The number of Topliss-reactive ketones (excluding diaryl/α,β-unsaturated/α-hetero) is 1. The van der Waals surface area contributed by atoms with E-state index in [1.165, 1.54) is 0 Å². The van der Waals surface area contributed by atoms with Crippen LogP contribution in [0, 0.1) is 5.92 Å². The number of ether oxygens (including phenoxy) is 1. The van der Waals surface area contributed by atoms with Crippen LogP contribution in [0.2, 0.25) is 5.02 Å². The fourth-order valence-electron chi connectivity index (χ4n) is 2.98. The van der Waals surface area contributed by atoms with Crippen LogP contribution in [-0.4, -0.2) is 18.3 Å². The van der Waals surface area contributed by atoms with Gasteiger partial charge in [-0.2, -0.15) is 0 Å². The Balaban J connectivity index is 1.58. The molecule has 1 amide bonds. The molecule has 3 aromatic rings. The molecule has 4 nitrogen and oxygen atoms in total. The van der Waals surface area contributed by atoms with Gasteiger partial charge < -0.3 is 10.1 Å². The van der Waals surface area contributed by atoms with E-state index in [2.05, 4.69) is 5.32 Å². The molecule has 0 atom stereocenters. The molecule has 0 saturated heterocycles. The van der Waals surface area contributed by atoms with Crippen molar-refractivity contribution in [3.8, 4) is 16.9 Å². The standard InChI is InChI=1S/C25H24ClNO3/c1-17(2)14-25(29)27-21-11-8-19(9-12-21)23(28)16-30-24-13-10-20(15-22(24)26)18-6-4-3-5-7-18/h3-13,15,17H,14,16H2,1-2H3,(H,27,29). The van der Waals surface area contributed by atoms with E-state index in [-0.39, 0.29) is 24.2 Å². The number of rotatable bonds is 8. The number of amides is 1. The van der Waals surface area contributed by atoms with E-state index in [9.17, 15) is 9.59 Å². The normalized spacial score (nSPS) is 10.7. The highest BCUT2D eigenvalue weighted by Crippen LogP contribution is 2.30. The quantitative estimate of drug-likeness (QED) is 0.437. The van der Waals surface area contributed by atoms with Crippen LogP contribution in [0.5, 0.6) is 5.75 Å². The maximum atomic E-state index is 12.4. The summed E-state index contributed by atoms with van der Waals surface area (Å²) in [6.45, 7) is 3.86. The Bertz CT molecular complexity index is 1010. The molecule has 0 bridgehead atoms. The van der Waals surface area contributed by atoms with Crippen molar-refractivity contribution in [1.82, 2.24) is 0 Å². The minimum absolute atomic E-state index is 0.0407. The molecule has 0 aliphatic carbocycles. The number of anilines is 1. The van der Waals surface area contributed by atoms with Crippen molar-refractivity contribution in [3.05, 3.63) is 83.4 Å². The summed E-state index contributed by atoms with van der Waals surface area (Å²) in [6.07, 6.45) is 0.457. The first-order valence-electron chi connectivity index (χ1n) is 9.83. The minimum Gasteiger partial charge on any atom is -0.484 e. The van der Waals surface area contributed by atoms with E-state index < -0.39 is 0 Å².